The van der Waals surface area contributed by atoms with Crippen LogP contribution in [0.15, 0.2) is 66.7 Å². The number of anilines is 1. The molecule has 0 radical (unpaired) electrons. The van der Waals surface area contributed by atoms with Gasteiger partial charge < -0.3 is 20.4 Å². The fraction of sp³-hybridized carbons (Fsp3) is 0.394. The Morgan fingerprint density at radius 1 is 0.976 bits per heavy atom. The molecule has 0 bridgehead atoms. The molecule has 0 saturated carbocycles. The lowest BCUT2D eigenvalue weighted by Crippen LogP contribution is -2.58. The topological polar surface area (TPSA) is 64.7 Å². The van der Waals surface area contributed by atoms with Crippen LogP contribution in [0.25, 0.3) is 0 Å². The predicted molar refractivity (Wildman–Crippen MR) is 177 cm³/mol. The van der Waals surface area contributed by atoms with Gasteiger partial charge in [-0.3, -0.25) is 4.79 Å². The minimum absolute atomic E-state index is 0. The number of nitrogens with zero attached hydrogens (tertiary/aromatic N) is 2. The summed E-state index contributed by atoms with van der Waals surface area (Å²) in [5.74, 6) is 0.0650. The summed E-state index contributed by atoms with van der Waals surface area (Å²) >= 11 is 12.6. The summed E-state index contributed by atoms with van der Waals surface area (Å²) in [5, 5.41) is 7.24. The van der Waals surface area contributed by atoms with Crippen molar-refractivity contribution in [1.29, 1.82) is 0 Å². The lowest BCUT2D eigenvalue weighted by Gasteiger charge is -2.44. The Labute approximate surface area is 266 Å². The highest BCUT2D eigenvalue weighted by molar-refractivity contribution is 6.42. The SMILES string of the molecule is CCC(Cc1c(C(=O)NC)cccc1N1CCC(Cc2ccccc2)(NC(=O)N(C)C)CC1)c1ccc(Cl)c(Cl)c1.Cl. The minimum atomic E-state index is -0.357. The van der Waals surface area contributed by atoms with Crippen molar-refractivity contribution < 1.29 is 9.59 Å². The maximum atomic E-state index is 13.0. The van der Waals surface area contributed by atoms with Crippen molar-refractivity contribution in [2.45, 2.75) is 50.5 Å². The highest BCUT2D eigenvalue weighted by Crippen LogP contribution is 2.37. The number of carbonyl (C=O) groups is 2. The second-order valence-corrected chi connectivity index (χ2v) is 11.9. The van der Waals surface area contributed by atoms with Crippen molar-refractivity contribution in [3.8, 4) is 0 Å². The molecule has 42 heavy (non-hydrogen) atoms. The number of hydrogen-bond donors (Lipinski definition) is 2. The second-order valence-electron chi connectivity index (χ2n) is 11.1. The van der Waals surface area contributed by atoms with Gasteiger partial charge in [0.2, 0.25) is 0 Å². The molecule has 3 amide bonds. The monoisotopic (exact) mass is 630 g/mol. The average molecular weight is 632 g/mol. The summed E-state index contributed by atoms with van der Waals surface area (Å²) in [4.78, 5) is 29.8. The van der Waals surface area contributed by atoms with Gasteiger partial charge in [-0.25, -0.2) is 4.79 Å². The fourth-order valence-electron chi connectivity index (χ4n) is 5.79. The highest BCUT2D eigenvalue weighted by atomic mass is 35.5. The zero-order valence-corrected chi connectivity index (χ0v) is 27.1. The molecule has 9 heteroatoms. The molecule has 1 saturated heterocycles. The lowest BCUT2D eigenvalue weighted by atomic mass is 9.81. The number of nitrogens with one attached hydrogen (secondary N) is 2. The highest BCUT2D eigenvalue weighted by Gasteiger charge is 2.37. The Balaban J connectivity index is 0.00000484. The van der Waals surface area contributed by atoms with Gasteiger partial charge in [0.05, 0.1) is 10.0 Å². The average Bonchev–Trinajstić information content (AvgIpc) is 2.97. The number of urea groups is 1. The van der Waals surface area contributed by atoms with Gasteiger partial charge in [0.15, 0.2) is 0 Å². The van der Waals surface area contributed by atoms with Crippen LogP contribution in [-0.2, 0) is 12.8 Å². The maximum absolute atomic E-state index is 13.0. The summed E-state index contributed by atoms with van der Waals surface area (Å²) in [6, 6.07) is 22.0. The standard InChI is InChI=1S/C33H40Cl2N4O2.ClH/c1-5-24(25-14-15-28(34)29(35)21-25)20-27-26(31(40)36-2)12-9-13-30(27)39-18-16-33(17-19-39,37-32(41)38(3)4)22-23-10-7-6-8-11-23;/h6-15,21,24H,5,16-20,22H2,1-4H3,(H,36,40)(H,37,41);1H. The Hall–Kier alpha value is -2.93. The quantitative estimate of drug-likeness (QED) is 0.259. The zero-order chi connectivity index (χ0) is 29.6. The van der Waals surface area contributed by atoms with Gasteiger partial charge in [0.25, 0.3) is 5.91 Å². The number of carbonyl (C=O) groups excluding carboxylic acids is 2. The number of hydrogen-bond acceptors (Lipinski definition) is 3. The molecule has 0 aromatic heterocycles. The van der Waals surface area contributed by atoms with Crippen LogP contribution < -0.4 is 15.5 Å². The van der Waals surface area contributed by atoms with E-state index in [1.54, 1.807) is 26.0 Å². The van der Waals surface area contributed by atoms with Crippen molar-refractivity contribution in [3.63, 3.8) is 0 Å². The number of piperidine rings is 1. The van der Waals surface area contributed by atoms with E-state index >= 15 is 0 Å². The van der Waals surface area contributed by atoms with Crippen LogP contribution in [0.4, 0.5) is 10.5 Å². The summed E-state index contributed by atoms with van der Waals surface area (Å²) in [5.41, 5.74) is 4.73. The molecule has 0 spiro atoms. The van der Waals surface area contributed by atoms with Gasteiger partial charge in [0.1, 0.15) is 0 Å². The molecule has 6 nitrogen and oxygen atoms in total. The van der Waals surface area contributed by atoms with Crippen LogP contribution in [0.2, 0.25) is 10.0 Å². The Kier molecular flexibility index (Phi) is 12.0. The first kappa shape index (κ1) is 33.6. The third kappa shape index (κ3) is 7.91. The Morgan fingerprint density at radius 3 is 2.26 bits per heavy atom. The van der Waals surface area contributed by atoms with E-state index in [9.17, 15) is 9.59 Å². The van der Waals surface area contributed by atoms with E-state index < -0.39 is 0 Å². The molecule has 1 aliphatic heterocycles. The minimum Gasteiger partial charge on any atom is -0.371 e. The van der Waals surface area contributed by atoms with Gasteiger partial charge in [-0.05, 0) is 79.0 Å². The van der Waals surface area contributed by atoms with Gasteiger partial charge >= 0.3 is 6.03 Å². The second kappa shape index (κ2) is 15.0. The van der Waals surface area contributed by atoms with Gasteiger partial charge in [-0.2, -0.15) is 0 Å². The van der Waals surface area contributed by atoms with Gasteiger partial charge in [-0.1, -0.05) is 72.6 Å². The molecule has 226 valence electrons. The summed E-state index contributed by atoms with van der Waals surface area (Å²) in [6.07, 6.45) is 3.92. The molecule has 3 aromatic carbocycles. The normalized spacial score (nSPS) is 14.9. The van der Waals surface area contributed by atoms with Crippen LogP contribution in [-0.4, -0.2) is 56.6 Å². The van der Waals surface area contributed by atoms with Crippen molar-refractivity contribution >= 4 is 53.2 Å². The first-order valence-electron chi connectivity index (χ1n) is 14.2. The van der Waals surface area contributed by atoms with E-state index in [1.165, 1.54) is 5.56 Å². The maximum Gasteiger partial charge on any atom is 0.317 e. The molecule has 1 fully saturated rings. The van der Waals surface area contributed by atoms with E-state index in [1.807, 2.05) is 48.5 Å². The third-order valence-corrected chi connectivity index (χ3v) is 8.95. The van der Waals surface area contributed by atoms with E-state index in [-0.39, 0.29) is 35.8 Å². The smallest absolute Gasteiger partial charge is 0.317 e. The lowest BCUT2D eigenvalue weighted by molar-refractivity contribution is 0.0962. The molecule has 2 N–H and O–H groups in total. The predicted octanol–water partition coefficient (Wildman–Crippen LogP) is 7.36. The van der Waals surface area contributed by atoms with Crippen LogP contribution in [0.1, 0.15) is 59.2 Å². The van der Waals surface area contributed by atoms with Gasteiger partial charge in [0, 0.05) is 51.0 Å². The van der Waals surface area contributed by atoms with E-state index in [4.69, 9.17) is 23.2 Å². The molecular formula is C33H41Cl3N4O2. The number of halogens is 3. The molecule has 1 unspecified atom stereocenters. The number of rotatable bonds is 9. The van der Waals surface area contributed by atoms with Crippen molar-refractivity contribution in [2.75, 3.05) is 39.1 Å². The Morgan fingerprint density at radius 2 is 1.67 bits per heavy atom. The number of benzene rings is 3. The van der Waals surface area contributed by atoms with Gasteiger partial charge in [-0.15, -0.1) is 12.4 Å². The van der Waals surface area contributed by atoms with Crippen LogP contribution >= 0.6 is 35.6 Å². The number of amides is 3. The summed E-state index contributed by atoms with van der Waals surface area (Å²) in [7, 11) is 5.21. The first-order valence-corrected chi connectivity index (χ1v) is 15.0. The first-order chi connectivity index (χ1) is 19.7. The van der Waals surface area contributed by atoms with Crippen molar-refractivity contribution in [2.24, 2.45) is 0 Å². The molecular weight excluding hydrogens is 591 g/mol. The van der Waals surface area contributed by atoms with E-state index in [2.05, 4.69) is 40.7 Å². The summed E-state index contributed by atoms with van der Waals surface area (Å²) in [6.45, 7) is 3.67. The molecule has 1 aliphatic rings. The Bertz CT molecular complexity index is 1360. The van der Waals surface area contributed by atoms with Crippen molar-refractivity contribution in [3.05, 3.63) is 99.0 Å². The van der Waals surface area contributed by atoms with E-state index in [0.717, 1.165) is 55.6 Å². The van der Waals surface area contributed by atoms with Crippen LogP contribution in [0.3, 0.4) is 0 Å². The van der Waals surface area contributed by atoms with E-state index in [0.29, 0.717) is 22.0 Å². The molecule has 3 aromatic rings. The summed E-state index contributed by atoms with van der Waals surface area (Å²) < 4.78 is 0. The molecule has 4 rings (SSSR count). The van der Waals surface area contributed by atoms with Crippen LogP contribution in [0, 0.1) is 0 Å². The largest absolute Gasteiger partial charge is 0.371 e. The van der Waals surface area contributed by atoms with Crippen LogP contribution in [0.5, 0.6) is 0 Å². The molecule has 0 aliphatic carbocycles. The zero-order valence-electron chi connectivity index (χ0n) is 24.8. The molecule has 1 atom stereocenters. The fourth-order valence-corrected chi connectivity index (χ4v) is 6.10. The third-order valence-electron chi connectivity index (χ3n) is 8.21. The molecule has 1 heterocycles. The van der Waals surface area contributed by atoms with Crippen molar-refractivity contribution in [1.82, 2.24) is 15.5 Å².